The number of hydrogen-bond acceptors (Lipinski definition) is 4. The minimum atomic E-state index is -0.602. The lowest BCUT2D eigenvalue weighted by molar-refractivity contribution is -0.121. The van der Waals surface area contributed by atoms with Crippen LogP contribution in [0.2, 0.25) is 5.02 Å². The van der Waals surface area contributed by atoms with Crippen LogP contribution in [0, 0.1) is 0 Å². The van der Waals surface area contributed by atoms with Crippen LogP contribution >= 0.6 is 11.6 Å². The van der Waals surface area contributed by atoms with Crippen LogP contribution in [0.25, 0.3) is 0 Å². The molecule has 6 nitrogen and oxygen atoms in total. The van der Waals surface area contributed by atoms with E-state index in [9.17, 15) is 9.59 Å². The first-order valence-corrected chi connectivity index (χ1v) is 12.6. The van der Waals surface area contributed by atoms with Crippen LogP contribution in [0.4, 0.5) is 5.69 Å². The average molecular weight is 492 g/mol. The van der Waals surface area contributed by atoms with Crippen LogP contribution in [0.5, 0.6) is 0 Å². The van der Waals surface area contributed by atoms with Crippen molar-refractivity contribution in [3.8, 4) is 0 Å². The summed E-state index contributed by atoms with van der Waals surface area (Å²) >= 11 is 6.00. The number of halogens is 1. The SMILES string of the molecule is O=C(c1ccc(Cl)cc1)N1CC(=O)N(CC2(OC3CCNCC3)C=CC=CC2)c2ccccc2C1. The molecule has 2 aromatic rings. The van der Waals surface area contributed by atoms with Crippen LogP contribution in [0.1, 0.15) is 35.2 Å². The highest BCUT2D eigenvalue weighted by molar-refractivity contribution is 6.30. The Labute approximate surface area is 211 Å². The van der Waals surface area contributed by atoms with Gasteiger partial charge in [-0.25, -0.2) is 0 Å². The van der Waals surface area contributed by atoms with Gasteiger partial charge >= 0.3 is 0 Å². The van der Waals surface area contributed by atoms with Crippen molar-refractivity contribution in [3.05, 3.63) is 89.0 Å². The molecule has 3 aliphatic rings. The Morgan fingerprint density at radius 3 is 2.57 bits per heavy atom. The van der Waals surface area contributed by atoms with E-state index in [1.165, 1.54) is 0 Å². The normalized spacial score (nSPS) is 22.7. The molecule has 0 spiro atoms. The van der Waals surface area contributed by atoms with Crippen molar-refractivity contribution in [3.63, 3.8) is 0 Å². The number of ether oxygens (including phenoxy) is 1. The predicted octanol–water partition coefficient (Wildman–Crippen LogP) is 4.35. The van der Waals surface area contributed by atoms with Crippen molar-refractivity contribution in [2.24, 2.45) is 0 Å². The van der Waals surface area contributed by atoms with Gasteiger partial charge in [-0.15, -0.1) is 0 Å². The monoisotopic (exact) mass is 491 g/mol. The number of rotatable bonds is 5. The molecule has 0 saturated carbocycles. The van der Waals surface area contributed by atoms with Gasteiger partial charge in [0.2, 0.25) is 5.91 Å². The third-order valence-electron chi connectivity index (χ3n) is 6.87. The number of allylic oxidation sites excluding steroid dienone is 2. The lowest BCUT2D eigenvalue weighted by Crippen LogP contribution is -2.51. The summed E-state index contributed by atoms with van der Waals surface area (Å²) in [6.07, 6.45) is 11.0. The van der Waals surface area contributed by atoms with Crippen molar-refractivity contribution in [1.29, 1.82) is 0 Å². The first-order chi connectivity index (χ1) is 17.0. The Morgan fingerprint density at radius 1 is 1.06 bits per heavy atom. The van der Waals surface area contributed by atoms with Crippen molar-refractivity contribution in [2.75, 3.05) is 31.1 Å². The summed E-state index contributed by atoms with van der Waals surface area (Å²) < 4.78 is 6.72. The predicted molar refractivity (Wildman–Crippen MR) is 138 cm³/mol. The zero-order chi connectivity index (χ0) is 24.3. The number of piperidine rings is 1. The summed E-state index contributed by atoms with van der Waals surface area (Å²) in [7, 11) is 0. The number of anilines is 1. The van der Waals surface area contributed by atoms with E-state index < -0.39 is 5.60 Å². The van der Waals surface area contributed by atoms with Crippen LogP contribution in [0.3, 0.4) is 0 Å². The van der Waals surface area contributed by atoms with Gasteiger partial charge in [-0.05, 0) is 61.8 Å². The van der Waals surface area contributed by atoms with Crippen LogP contribution in [-0.2, 0) is 16.1 Å². The second kappa shape index (κ2) is 10.4. The summed E-state index contributed by atoms with van der Waals surface area (Å²) in [5.41, 5.74) is 1.68. The molecule has 35 heavy (non-hydrogen) atoms. The van der Waals surface area contributed by atoms with E-state index in [0.717, 1.165) is 37.2 Å². The molecule has 182 valence electrons. The molecule has 0 bridgehead atoms. The molecule has 1 unspecified atom stereocenters. The Morgan fingerprint density at radius 2 is 1.83 bits per heavy atom. The second-order valence-electron chi connectivity index (χ2n) is 9.40. The van der Waals surface area contributed by atoms with Gasteiger partial charge in [-0.2, -0.15) is 0 Å². The van der Waals surface area contributed by atoms with Gasteiger partial charge in [0.15, 0.2) is 0 Å². The van der Waals surface area contributed by atoms with Crippen molar-refractivity contribution in [1.82, 2.24) is 10.2 Å². The molecule has 1 fully saturated rings. The third kappa shape index (κ3) is 5.35. The van der Waals surface area contributed by atoms with E-state index in [-0.39, 0.29) is 24.5 Å². The summed E-state index contributed by atoms with van der Waals surface area (Å²) in [4.78, 5) is 30.4. The van der Waals surface area contributed by atoms with Crippen molar-refractivity contribution >= 4 is 29.1 Å². The number of nitrogens with zero attached hydrogens (tertiary/aromatic N) is 2. The lowest BCUT2D eigenvalue weighted by Gasteiger charge is -2.40. The zero-order valence-corrected chi connectivity index (χ0v) is 20.4. The highest BCUT2D eigenvalue weighted by atomic mass is 35.5. The number of fused-ring (bicyclic) bond motifs is 1. The first-order valence-electron chi connectivity index (χ1n) is 12.2. The molecular weight excluding hydrogens is 462 g/mol. The van der Waals surface area contributed by atoms with Gasteiger partial charge in [0.05, 0.1) is 12.6 Å². The Balaban J connectivity index is 1.43. The molecule has 2 heterocycles. The largest absolute Gasteiger partial charge is 0.365 e. The van der Waals surface area contributed by atoms with E-state index in [1.807, 2.05) is 41.3 Å². The van der Waals surface area contributed by atoms with Gasteiger partial charge in [0, 0.05) is 29.2 Å². The smallest absolute Gasteiger partial charge is 0.254 e. The molecule has 5 rings (SSSR count). The molecule has 0 radical (unpaired) electrons. The maximum Gasteiger partial charge on any atom is 0.254 e. The molecule has 1 N–H and O–H groups in total. The number of benzene rings is 2. The summed E-state index contributed by atoms with van der Waals surface area (Å²) in [5, 5.41) is 3.95. The summed E-state index contributed by atoms with van der Waals surface area (Å²) in [6.45, 7) is 2.63. The van der Waals surface area contributed by atoms with Gasteiger partial charge in [0.1, 0.15) is 12.1 Å². The lowest BCUT2D eigenvalue weighted by atomic mass is 9.92. The number of nitrogens with one attached hydrogen (secondary N) is 1. The topological polar surface area (TPSA) is 61.9 Å². The minimum Gasteiger partial charge on any atom is -0.365 e. The number of hydrogen-bond donors (Lipinski definition) is 1. The van der Waals surface area contributed by atoms with Crippen LogP contribution < -0.4 is 10.2 Å². The molecular formula is C28H30ClN3O3. The number of para-hydroxylation sites is 1. The maximum absolute atomic E-state index is 13.7. The molecule has 1 saturated heterocycles. The van der Waals surface area contributed by atoms with Gasteiger partial charge in [-0.3, -0.25) is 9.59 Å². The van der Waals surface area contributed by atoms with Crippen molar-refractivity contribution < 1.29 is 14.3 Å². The van der Waals surface area contributed by atoms with Gasteiger partial charge in [0.25, 0.3) is 5.91 Å². The molecule has 1 atom stereocenters. The number of carbonyl (C=O) groups excluding carboxylic acids is 2. The summed E-state index contributed by atoms with van der Waals surface area (Å²) in [6, 6.07) is 14.6. The molecule has 2 amide bonds. The van der Waals surface area contributed by atoms with E-state index in [1.54, 1.807) is 29.2 Å². The fraction of sp³-hybridized carbons (Fsp3) is 0.357. The van der Waals surface area contributed by atoms with E-state index in [2.05, 4.69) is 17.5 Å². The molecule has 0 aromatic heterocycles. The zero-order valence-electron chi connectivity index (χ0n) is 19.7. The molecule has 7 heteroatoms. The standard InChI is InChI=1S/C28H30ClN3O3/c29-23-10-8-21(9-11-23)27(34)31-18-22-6-2-3-7-25(22)32(26(33)19-31)20-28(14-4-1-5-15-28)35-24-12-16-30-17-13-24/h1-11,14,24,30H,12-13,15-20H2. The fourth-order valence-corrected chi connectivity index (χ4v) is 5.17. The van der Waals surface area contributed by atoms with Gasteiger partial charge in [-0.1, -0.05) is 54.1 Å². The highest BCUT2D eigenvalue weighted by Gasteiger charge is 2.38. The molecule has 2 aliphatic heterocycles. The van der Waals surface area contributed by atoms with Crippen LogP contribution in [-0.4, -0.2) is 54.6 Å². The Kier molecular flexibility index (Phi) is 7.04. The van der Waals surface area contributed by atoms with Crippen LogP contribution in [0.15, 0.2) is 72.8 Å². The Hall–Kier alpha value is -2.93. The fourth-order valence-electron chi connectivity index (χ4n) is 5.04. The highest BCUT2D eigenvalue weighted by Crippen LogP contribution is 2.33. The summed E-state index contributed by atoms with van der Waals surface area (Å²) in [5.74, 6) is -0.304. The quantitative estimate of drug-likeness (QED) is 0.675. The molecule has 1 aliphatic carbocycles. The third-order valence-corrected chi connectivity index (χ3v) is 7.12. The molecule has 2 aromatic carbocycles. The van der Waals surface area contributed by atoms with E-state index in [0.29, 0.717) is 30.1 Å². The van der Waals surface area contributed by atoms with Crippen molar-refractivity contribution in [2.45, 2.75) is 37.5 Å². The Bertz CT molecular complexity index is 1140. The maximum atomic E-state index is 13.7. The first kappa shape index (κ1) is 23.8. The van der Waals surface area contributed by atoms with Gasteiger partial charge < -0.3 is 19.9 Å². The number of amides is 2. The number of carbonyl (C=O) groups is 2. The average Bonchev–Trinajstić information content (AvgIpc) is 3.01. The van der Waals surface area contributed by atoms with E-state index in [4.69, 9.17) is 16.3 Å². The minimum absolute atomic E-state index is 0.000871. The van der Waals surface area contributed by atoms with E-state index >= 15 is 0 Å². The second-order valence-corrected chi connectivity index (χ2v) is 9.84.